The standard InChI is InChI=1S/C16H20BrN3O/c1-16(2,3)8-14(11-5-4-6-13(17)7-11)20-15(21)12-9-18-19-10-12/h4-7,9-10,14H,8H2,1-3H3,(H,18,19)(H,20,21)/t14-/m0/s1. The van der Waals surface area contributed by atoms with E-state index in [-0.39, 0.29) is 17.4 Å². The zero-order valence-corrected chi connectivity index (χ0v) is 14.1. The quantitative estimate of drug-likeness (QED) is 0.873. The average molecular weight is 350 g/mol. The third-order valence-electron chi connectivity index (χ3n) is 3.13. The van der Waals surface area contributed by atoms with Crippen LogP contribution in [-0.4, -0.2) is 16.1 Å². The molecule has 0 fully saturated rings. The first-order chi connectivity index (χ1) is 9.85. The van der Waals surface area contributed by atoms with Gasteiger partial charge >= 0.3 is 0 Å². The first kappa shape index (κ1) is 15.8. The number of benzene rings is 1. The molecule has 0 saturated carbocycles. The highest BCUT2D eigenvalue weighted by Gasteiger charge is 2.23. The maximum Gasteiger partial charge on any atom is 0.254 e. The van der Waals surface area contributed by atoms with E-state index in [1.165, 1.54) is 6.20 Å². The number of halogens is 1. The number of aromatic nitrogens is 2. The van der Waals surface area contributed by atoms with Crippen molar-refractivity contribution in [3.05, 3.63) is 52.3 Å². The van der Waals surface area contributed by atoms with E-state index in [4.69, 9.17) is 0 Å². The van der Waals surface area contributed by atoms with E-state index >= 15 is 0 Å². The Morgan fingerprint density at radius 3 is 2.76 bits per heavy atom. The summed E-state index contributed by atoms with van der Waals surface area (Å²) in [4.78, 5) is 12.3. The van der Waals surface area contributed by atoms with Crippen LogP contribution in [0.4, 0.5) is 0 Å². The molecule has 0 spiro atoms. The van der Waals surface area contributed by atoms with Gasteiger partial charge in [0.2, 0.25) is 0 Å². The minimum atomic E-state index is -0.113. The first-order valence-electron chi connectivity index (χ1n) is 6.90. The summed E-state index contributed by atoms with van der Waals surface area (Å²) in [6.45, 7) is 6.51. The number of aromatic amines is 1. The fourth-order valence-corrected chi connectivity index (χ4v) is 2.62. The first-order valence-corrected chi connectivity index (χ1v) is 7.69. The number of nitrogens with one attached hydrogen (secondary N) is 2. The zero-order chi connectivity index (χ0) is 15.5. The maximum absolute atomic E-state index is 12.3. The molecule has 2 aromatic rings. The molecule has 21 heavy (non-hydrogen) atoms. The van der Waals surface area contributed by atoms with E-state index in [2.05, 4.69) is 52.2 Å². The molecule has 1 aromatic carbocycles. The lowest BCUT2D eigenvalue weighted by atomic mass is 9.85. The number of rotatable bonds is 4. The van der Waals surface area contributed by atoms with Crippen molar-refractivity contribution in [3.63, 3.8) is 0 Å². The fourth-order valence-electron chi connectivity index (χ4n) is 2.20. The van der Waals surface area contributed by atoms with Gasteiger partial charge in [0.25, 0.3) is 5.91 Å². The van der Waals surface area contributed by atoms with Gasteiger partial charge in [-0.05, 0) is 29.5 Å². The SMILES string of the molecule is CC(C)(C)C[C@H](NC(=O)c1cn[nH]c1)c1cccc(Br)c1. The molecule has 1 atom stereocenters. The van der Waals surface area contributed by atoms with Crippen molar-refractivity contribution in [2.45, 2.75) is 33.2 Å². The second kappa shape index (κ2) is 6.43. The van der Waals surface area contributed by atoms with E-state index in [0.717, 1.165) is 16.5 Å². The highest BCUT2D eigenvalue weighted by atomic mass is 79.9. The molecule has 1 heterocycles. The van der Waals surface area contributed by atoms with Crippen LogP contribution in [0.15, 0.2) is 41.1 Å². The molecule has 0 saturated heterocycles. The summed E-state index contributed by atoms with van der Waals surface area (Å²) in [7, 11) is 0. The van der Waals surface area contributed by atoms with E-state index in [9.17, 15) is 4.79 Å². The third kappa shape index (κ3) is 4.70. The number of carbonyl (C=O) groups excluding carboxylic acids is 1. The maximum atomic E-state index is 12.3. The highest BCUT2D eigenvalue weighted by molar-refractivity contribution is 9.10. The molecule has 2 rings (SSSR count). The van der Waals surface area contributed by atoms with Crippen molar-refractivity contribution in [2.75, 3.05) is 0 Å². The monoisotopic (exact) mass is 349 g/mol. The van der Waals surface area contributed by atoms with Gasteiger partial charge in [0.05, 0.1) is 17.8 Å². The molecular formula is C16H20BrN3O. The lowest BCUT2D eigenvalue weighted by Gasteiger charge is -2.27. The van der Waals surface area contributed by atoms with Crippen molar-refractivity contribution in [3.8, 4) is 0 Å². The smallest absolute Gasteiger partial charge is 0.254 e. The van der Waals surface area contributed by atoms with Crippen molar-refractivity contribution in [2.24, 2.45) is 5.41 Å². The topological polar surface area (TPSA) is 57.8 Å². The number of carbonyl (C=O) groups is 1. The summed E-state index contributed by atoms with van der Waals surface area (Å²) in [5.41, 5.74) is 1.75. The Morgan fingerprint density at radius 2 is 2.19 bits per heavy atom. The van der Waals surface area contributed by atoms with Crippen molar-refractivity contribution in [1.82, 2.24) is 15.5 Å². The van der Waals surface area contributed by atoms with Gasteiger partial charge in [-0.3, -0.25) is 9.89 Å². The van der Waals surface area contributed by atoms with Gasteiger partial charge in [-0.15, -0.1) is 0 Å². The van der Waals surface area contributed by atoms with Gasteiger partial charge < -0.3 is 5.32 Å². The molecule has 5 heteroatoms. The lowest BCUT2D eigenvalue weighted by molar-refractivity contribution is 0.0926. The zero-order valence-electron chi connectivity index (χ0n) is 12.5. The Kier molecular flexibility index (Phi) is 4.83. The highest BCUT2D eigenvalue weighted by Crippen LogP contribution is 2.30. The van der Waals surface area contributed by atoms with Crippen LogP contribution in [0, 0.1) is 5.41 Å². The number of hydrogen-bond acceptors (Lipinski definition) is 2. The minimum absolute atomic E-state index is 0.0371. The largest absolute Gasteiger partial charge is 0.345 e. The van der Waals surface area contributed by atoms with Gasteiger partial charge in [0.15, 0.2) is 0 Å². The normalized spacial score (nSPS) is 13.0. The number of nitrogens with zero attached hydrogens (tertiary/aromatic N) is 1. The molecule has 0 aliphatic heterocycles. The molecule has 112 valence electrons. The Bertz CT molecular complexity index is 602. The Hall–Kier alpha value is -1.62. The summed E-state index contributed by atoms with van der Waals surface area (Å²) in [5.74, 6) is -0.113. The van der Waals surface area contributed by atoms with E-state index in [0.29, 0.717) is 5.56 Å². The van der Waals surface area contributed by atoms with Crippen LogP contribution in [0.2, 0.25) is 0 Å². The molecule has 1 aromatic heterocycles. The van der Waals surface area contributed by atoms with Crippen LogP contribution in [-0.2, 0) is 0 Å². The van der Waals surface area contributed by atoms with Crippen LogP contribution in [0.3, 0.4) is 0 Å². The predicted molar refractivity (Wildman–Crippen MR) is 87.0 cm³/mol. The van der Waals surface area contributed by atoms with E-state index < -0.39 is 0 Å². The Balaban J connectivity index is 2.22. The summed E-state index contributed by atoms with van der Waals surface area (Å²) < 4.78 is 1.01. The Labute approximate surface area is 133 Å². The number of H-pyrrole nitrogens is 1. The average Bonchev–Trinajstić information content (AvgIpc) is 2.90. The van der Waals surface area contributed by atoms with Crippen LogP contribution in [0.1, 0.15) is 49.2 Å². The third-order valence-corrected chi connectivity index (χ3v) is 3.63. The van der Waals surface area contributed by atoms with Crippen LogP contribution >= 0.6 is 15.9 Å². The van der Waals surface area contributed by atoms with Gasteiger partial charge in [-0.2, -0.15) is 5.10 Å². The fraction of sp³-hybridized carbons (Fsp3) is 0.375. The molecule has 4 nitrogen and oxygen atoms in total. The minimum Gasteiger partial charge on any atom is -0.345 e. The summed E-state index contributed by atoms with van der Waals surface area (Å²) in [5, 5.41) is 9.58. The molecule has 0 bridgehead atoms. The summed E-state index contributed by atoms with van der Waals surface area (Å²) in [6.07, 6.45) is 3.99. The van der Waals surface area contributed by atoms with Gasteiger partial charge in [0.1, 0.15) is 0 Å². The van der Waals surface area contributed by atoms with Crippen LogP contribution < -0.4 is 5.32 Å². The second-order valence-corrected chi connectivity index (χ2v) is 7.25. The van der Waals surface area contributed by atoms with Crippen molar-refractivity contribution < 1.29 is 4.79 Å². The van der Waals surface area contributed by atoms with E-state index in [1.807, 2.05) is 24.3 Å². The molecule has 0 aliphatic rings. The molecule has 0 aliphatic carbocycles. The Morgan fingerprint density at radius 1 is 1.43 bits per heavy atom. The van der Waals surface area contributed by atoms with Crippen LogP contribution in [0.25, 0.3) is 0 Å². The molecule has 0 radical (unpaired) electrons. The van der Waals surface area contributed by atoms with Gasteiger partial charge in [-0.25, -0.2) is 0 Å². The lowest BCUT2D eigenvalue weighted by Crippen LogP contribution is -2.31. The summed E-state index contributed by atoms with van der Waals surface area (Å²) in [6, 6.07) is 8.02. The van der Waals surface area contributed by atoms with Gasteiger partial charge in [0, 0.05) is 10.7 Å². The number of hydrogen-bond donors (Lipinski definition) is 2. The molecule has 1 amide bonds. The van der Waals surface area contributed by atoms with Crippen LogP contribution in [0.5, 0.6) is 0 Å². The van der Waals surface area contributed by atoms with Crippen molar-refractivity contribution >= 4 is 21.8 Å². The number of amides is 1. The van der Waals surface area contributed by atoms with E-state index in [1.54, 1.807) is 6.20 Å². The molecular weight excluding hydrogens is 330 g/mol. The summed E-state index contributed by atoms with van der Waals surface area (Å²) >= 11 is 3.49. The molecule has 0 unspecified atom stereocenters. The van der Waals surface area contributed by atoms with Crippen molar-refractivity contribution in [1.29, 1.82) is 0 Å². The second-order valence-electron chi connectivity index (χ2n) is 6.33. The van der Waals surface area contributed by atoms with Gasteiger partial charge in [-0.1, -0.05) is 48.8 Å². The predicted octanol–water partition coefficient (Wildman–Crippen LogP) is 4.08. The molecule has 2 N–H and O–H groups in total.